The van der Waals surface area contributed by atoms with E-state index in [0.29, 0.717) is 0 Å². The minimum Gasteiger partial charge on any atom is -0.458 e. The van der Waals surface area contributed by atoms with Crippen molar-refractivity contribution < 1.29 is 43.3 Å². The molecule has 45 heavy (non-hydrogen) atoms. The van der Waals surface area contributed by atoms with E-state index in [0.717, 1.165) is 28.8 Å². The van der Waals surface area contributed by atoms with E-state index >= 15 is 0 Å². The van der Waals surface area contributed by atoms with Crippen LogP contribution in [0, 0.1) is 10.1 Å². The van der Waals surface area contributed by atoms with E-state index in [4.69, 9.17) is 23.7 Å². The SMILES string of the molecule is CO[C@H]1O[C@H](COC(c2ccccc2)(c2ccccc2)c2ccccc2)[C@@H](O)[C@H](OC=O)[C@H]1OC(=O)c1ccc([N+](=O)[O-])cc1. The molecule has 1 saturated heterocycles. The molecule has 0 aromatic heterocycles. The van der Waals surface area contributed by atoms with Gasteiger partial charge in [0.25, 0.3) is 12.2 Å². The number of rotatable bonds is 12. The van der Waals surface area contributed by atoms with Crippen molar-refractivity contribution in [2.75, 3.05) is 13.7 Å². The standard InChI is InChI=1S/C34H31NO10/c1-41-33-31(45-32(38)23-17-19-27(20-18-23)35(39)40)30(42-22-36)29(37)28(44-33)21-43-34(24-11-5-2-6-12-24,25-13-7-3-8-14-25)26-15-9-4-10-16-26/h2-20,22,28-31,33,37H,21H2,1H3/t28-,29-,30+,31-,33+/m1/s1. The van der Waals surface area contributed by atoms with Crippen LogP contribution in [0.25, 0.3) is 0 Å². The first kappa shape index (κ1) is 31.5. The average Bonchev–Trinajstić information content (AvgIpc) is 3.09. The molecule has 0 radical (unpaired) electrons. The zero-order chi connectivity index (χ0) is 31.8. The number of esters is 1. The van der Waals surface area contributed by atoms with Crippen molar-refractivity contribution in [3.05, 3.63) is 148 Å². The van der Waals surface area contributed by atoms with E-state index in [9.17, 15) is 24.8 Å². The summed E-state index contributed by atoms with van der Waals surface area (Å²) in [4.78, 5) is 34.9. The van der Waals surface area contributed by atoms with Crippen molar-refractivity contribution in [1.29, 1.82) is 0 Å². The molecule has 11 nitrogen and oxygen atoms in total. The summed E-state index contributed by atoms with van der Waals surface area (Å²) in [6, 6.07) is 33.6. The van der Waals surface area contributed by atoms with Gasteiger partial charge in [0, 0.05) is 19.2 Å². The first-order valence-corrected chi connectivity index (χ1v) is 14.1. The third-order valence-corrected chi connectivity index (χ3v) is 7.63. The van der Waals surface area contributed by atoms with Gasteiger partial charge in [0.2, 0.25) is 0 Å². The molecule has 1 N–H and O–H groups in total. The third-order valence-electron chi connectivity index (χ3n) is 7.63. The Hall–Kier alpha value is -4.94. The Morgan fingerprint density at radius 3 is 1.82 bits per heavy atom. The second-order valence-electron chi connectivity index (χ2n) is 10.2. The van der Waals surface area contributed by atoms with Crippen LogP contribution in [0.2, 0.25) is 0 Å². The van der Waals surface area contributed by atoms with Crippen LogP contribution in [0.4, 0.5) is 5.69 Å². The number of aliphatic hydroxyl groups is 1. The molecule has 1 fully saturated rings. The Morgan fingerprint density at radius 1 is 0.867 bits per heavy atom. The Labute approximate surface area is 259 Å². The molecule has 0 amide bonds. The predicted octanol–water partition coefficient (Wildman–Crippen LogP) is 4.40. The lowest BCUT2D eigenvalue weighted by atomic mass is 9.80. The van der Waals surface area contributed by atoms with Gasteiger partial charge >= 0.3 is 5.97 Å². The fraction of sp³-hybridized carbons (Fsp3) is 0.235. The number of aliphatic hydroxyl groups excluding tert-OH is 1. The zero-order valence-corrected chi connectivity index (χ0v) is 24.2. The van der Waals surface area contributed by atoms with Gasteiger partial charge in [-0.2, -0.15) is 0 Å². The number of hydrogen-bond acceptors (Lipinski definition) is 10. The maximum absolute atomic E-state index is 13.0. The van der Waals surface area contributed by atoms with Gasteiger partial charge < -0.3 is 28.8 Å². The summed E-state index contributed by atoms with van der Waals surface area (Å²) >= 11 is 0. The highest BCUT2D eigenvalue weighted by Gasteiger charge is 2.50. The number of non-ortho nitro benzene ring substituents is 1. The zero-order valence-electron chi connectivity index (χ0n) is 24.2. The van der Waals surface area contributed by atoms with Crippen molar-refractivity contribution in [3.8, 4) is 0 Å². The van der Waals surface area contributed by atoms with Crippen LogP contribution in [0.15, 0.2) is 115 Å². The van der Waals surface area contributed by atoms with Gasteiger partial charge in [-0.3, -0.25) is 14.9 Å². The Morgan fingerprint density at radius 2 is 1.38 bits per heavy atom. The summed E-state index contributed by atoms with van der Waals surface area (Å²) in [7, 11) is 1.31. The summed E-state index contributed by atoms with van der Waals surface area (Å²) in [5, 5.41) is 22.4. The predicted molar refractivity (Wildman–Crippen MR) is 160 cm³/mol. The molecule has 0 bridgehead atoms. The number of hydrogen-bond donors (Lipinski definition) is 1. The summed E-state index contributed by atoms with van der Waals surface area (Å²) in [6.07, 6.45) is -6.64. The number of nitro benzene ring substituents is 1. The highest BCUT2D eigenvalue weighted by atomic mass is 16.7. The van der Waals surface area contributed by atoms with E-state index in [1.165, 1.54) is 19.2 Å². The van der Waals surface area contributed by atoms with Crippen LogP contribution in [0.1, 0.15) is 27.0 Å². The highest BCUT2D eigenvalue weighted by molar-refractivity contribution is 5.89. The molecule has 5 atom stereocenters. The smallest absolute Gasteiger partial charge is 0.338 e. The Bertz CT molecular complexity index is 1470. The second-order valence-corrected chi connectivity index (χ2v) is 10.2. The van der Waals surface area contributed by atoms with Crippen LogP contribution in [0.3, 0.4) is 0 Å². The van der Waals surface area contributed by atoms with Crippen molar-refractivity contribution in [3.63, 3.8) is 0 Å². The van der Waals surface area contributed by atoms with Crippen molar-refractivity contribution in [2.24, 2.45) is 0 Å². The van der Waals surface area contributed by atoms with E-state index in [1.807, 2.05) is 91.0 Å². The number of benzene rings is 4. The van der Waals surface area contributed by atoms with Crippen molar-refractivity contribution in [2.45, 2.75) is 36.3 Å². The van der Waals surface area contributed by atoms with Crippen molar-refractivity contribution >= 4 is 18.1 Å². The van der Waals surface area contributed by atoms with Gasteiger partial charge in [-0.15, -0.1) is 0 Å². The van der Waals surface area contributed by atoms with E-state index < -0.39 is 47.2 Å². The van der Waals surface area contributed by atoms with Gasteiger partial charge in [-0.05, 0) is 28.8 Å². The van der Waals surface area contributed by atoms with Gasteiger partial charge in [0.05, 0.1) is 17.1 Å². The molecule has 0 saturated carbocycles. The topological polar surface area (TPSA) is 144 Å². The largest absolute Gasteiger partial charge is 0.458 e. The van der Waals surface area contributed by atoms with Gasteiger partial charge in [-0.25, -0.2) is 4.79 Å². The number of methoxy groups -OCH3 is 1. The van der Waals surface area contributed by atoms with E-state index in [-0.39, 0.29) is 24.3 Å². The molecule has 1 aliphatic rings. The molecule has 0 aliphatic carbocycles. The summed E-state index contributed by atoms with van der Waals surface area (Å²) in [5.41, 5.74) is 1.14. The second kappa shape index (κ2) is 14.2. The summed E-state index contributed by atoms with van der Waals surface area (Å²) < 4.78 is 29.1. The van der Waals surface area contributed by atoms with Crippen LogP contribution < -0.4 is 0 Å². The van der Waals surface area contributed by atoms with Crippen molar-refractivity contribution in [1.82, 2.24) is 0 Å². The number of nitro groups is 1. The minimum absolute atomic E-state index is 0.00128. The molecule has 0 spiro atoms. The molecule has 4 aromatic rings. The summed E-state index contributed by atoms with van der Waals surface area (Å²) in [6.45, 7) is -0.0554. The lowest BCUT2D eigenvalue weighted by Crippen LogP contribution is -2.61. The molecular formula is C34H31NO10. The van der Waals surface area contributed by atoms with Gasteiger partial charge in [0.15, 0.2) is 18.5 Å². The van der Waals surface area contributed by atoms with Gasteiger partial charge in [0.1, 0.15) is 17.8 Å². The maximum atomic E-state index is 13.0. The fourth-order valence-corrected chi connectivity index (χ4v) is 5.45. The van der Waals surface area contributed by atoms with Gasteiger partial charge in [-0.1, -0.05) is 91.0 Å². The van der Waals surface area contributed by atoms with Crippen LogP contribution >= 0.6 is 0 Å². The quantitative estimate of drug-likeness (QED) is 0.0803. The Balaban J connectivity index is 1.44. The van der Waals surface area contributed by atoms with Crippen LogP contribution in [-0.4, -0.2) is 66.9 Å². The van der Waals surface area contributed by atoms with Crippen LogP contribution in [0.5, 0.6) is 0 Å². The lowest BCUT2D eigenvalue weighted by Gasteiger charge is -2.44. The number of carbonyl (C=O) groups excluding carboxylic acids is 2. The molecule has 1 heterocycles. The monoisotopic (exact) mass is 613 g/mol. The molecule has 5 rings (SSSR count). The summed E-state index contributed by atoms with van der Waals surface area (Å²) in [5.74, 6) is -0.891. The third kappa shape index (κ3) is 6.61. The average molecular weight is 614 g/mol. The van der Waals surface area contributed by atoms with E-state index in [1.54, 1.807) is 0 Å². The van der Waals surface area contributed by atoms with Crippen LogP contribution in [-0.2, 0) is 34.1 Å². The molecule has 11 heteroatoms. The fourth-order valence-electron chi connectivity index (χ4n) is 5.45. The molecule has 232 valence electrons. The number of carbonyl (C=O) groups is 2. The lowest BCUT2D eigenvalue weighted by molar-refractivity contribution is -0.384. The Kier molecular flexibility index (Phi) is 9.95. The number of ether oxygens (including phenoxy) is 5. The molecular weight excluding hydrogens is 582 g/mol. The number of nitrogens with zero attached hydrogens (tertiary/aromatic N) is 1. The maximum Gasteiger partial charge on any atom is 0.338 e. The normalized spacial score (nSPS) is 21.4. The van der Waals surface area contributed by atoms with E-state index in [2.05, 4.69) is 0 Å². The molecule has 4 aromatic carbocycles. The first-order chi connectivity index (χ1) is 21.9. The highest BCUT2D eigenvalue weighted by Crippen LogP contribution is 2.41. The first-order valence-electron chi connectivity index (χ1n) is 14.1. The molecule has 0 unspecified atom stereocenters. The minimum atomic E-state index is -1.50. The molecule has 1 aliphatic heterocycles.